The normalized spacial score (nSPS) is 12.8. The van der Waals surface area contributed by atoms with E-state index in [-0.39, 0.29) is 24.0 Å². The number of hydrogen-bond acceptors (Lipinski definition) is 2. The van der Waals surface area contributed by atoms with E-state index in [9.17, 15) is 0 Å². The molecule has 0 saturated heterocycles. The lowest BCUT2D eigenvalue weighted by Crippen LogP contribution is -2.37. The molecule has 0 amide bonds. The maximum absolute atomic E-state index is 5.55. The highest BCUT2D eigenvalue weighted by molar-refractivity contribution is 14.0. The number of halogens is 1. The van der Waals surface area contributed by atoms with Gasteiger partial charge >= 0.3 is 0 Å². The van der Waals surface area contributed by atoms with Crippen molar-refractivity contribution in [3.8, 4) is 5.75 Å². The molecule has 1 heterocycles. The van der Waals surface area contributed by atoms with Crippen molar-refractivity contribution < 1.29 is 4.74 Å². The summed E-state index contributed by atoms with van der Waals surface area (Å²) in [4.78, 5) is 4.29. The van der Waals surface area contributed by atoms with Gasteiger partial charge in [0.2, 0.25) is 0 Å². The maximum Gasteiger partial charge on any atom is 0.191 e. The number of aliphatic imine (C=N–C) groups is 1. The number of ether oxygens (including phenoxy) is 1. The highest BCUT2D eigenvalue weighted by Crippen LogP contribution is 2.25. The van der Waals surface area contributed by atoms with Crippen molar-refractivity contribution in [2.24, 2.45) is 4.99 Å². The van der Waals surface area contributed by atoms with Gasteiger partial charge in [-0.05, 0) is 36.1 Å². The monoisotopic (exact) mass is 451 g/mol. The molecule has 4 nitrogen and oxygen atoms in total. The van der Waals surface area contributed by atoms with Gasteiger partial charge in [0.1, 0.15) is 5.75 Å². The van der Waals surface area contributed by atoms with Crippen LogP contribution in [0.3, 0.4) is 0 Å². The lowest BCUT2D eigenvalue weighted by molar-refractivity contribution is 0.357. The molecule has 0 aliphatic carbocycles. The van der Waals surface area contributed by atoms with E-state index in [1.807, 2.05) is 0 Å². The summed E-state index contributed by atoms with van der Waals surface area (Å²) >= 11 is 0. The molecule has 134 valence electrons. The number of nitrogens with zero attached hydrogens (tertiary/aromatic N) is 1. The Kier molecular flexibility index (Phi) is 7.55. The predicted molar refractivity (Wildman–Crippen MR) is 114 cm³/mol. The molecular weight excluding hydrogens is 425 g/mol. The molecule has 1 aliphatic rings. The Bertz CT molecular complexity index is 731. The molecule has 0 saturated carbocycles. The van der Waals surface area contributed by atoms with E-state index in [4.69, 9.17) is 4.74 Å². The number of guanidine groups is 1. The Hall–Kier alpha value is -1.76. The molecule has 0 spiro atoms. The molecule has 25 heavy (non-hydrogen) atoms. The lowest BCUT2D eigenvalue weighted by Gasteiger charge is -2.12. The fraction of sp³-hybridized carbons (Fsp3) is 0.350. The Morgan fingerprint density at radius 2 is 2.00 bits per heavy atom. The highest BCUT2D eigenvalue weighted by atomic mass is 127. The SMILES string of the molecule is CN=C(NCCc1ccc2c(c1)CCO2)NCc1cccc(C)c1.I. The summed E-state index contributed by atoms with van der Waals surface area (Å²) in [6, 6.07) is 15.0. The van der Waals surface area contributed by atoms with Crippen LogP contribution in [0.1, 0.15) is 22.3 Å². The van der Waals surface area contributed by atoms with E-state index in [1.165, 1.54) is 22.3 Å². The van der Waals surface area contributed by atoms with Crippen molar-refractivity contribution in [1.29, 1.82) is 0 Å². The van der Waals surface area contributed by atoms with Crippen molar-refractivity contribution in [3.63, 3.8) is 0 Å². The van der Waals surface area contributed by atoms with Crippen molar-refractivity contribution in [2.75, 3.05) is 20.2 Å². The van der Waals surface area contributed by atoms with E-state index in [0.717, 1.165) is 44.2 Å². The first kappa shape index (κ1) is 19.6. The number of nitrogens with one attached hydrogen (secondary N) is 2. The summed E-state index contributed by atoms with van der Waals surface area (Å²) in [5.74, 6) is 1.88. The third kappa shape index (κ3) is 5.63. The Balaban J connectivity index is 0.00000225. The average Bonchev–Trinajstić information content (AvgIpc) is 3.05. The molecule has 5 heteroatoms. The molecule has 3 rings (SSSR count). The quantitative estimate of drug-likeness (QED) is 0.416. The standard InChI is InChI=1S/C20H25N3O.HI/c1-15-4-3-5-17(12-15)14-23-20(21-2)22-10-8-16-6-7-19-18(13-16)9-11-24-19;/h3-7,12-13H,8-11,14H2,1-2H3,(H2,21,22,23);1H. The van der Waals surface area contributed by atoms with Gasteiger partial charge in [-0.2, -0.15) is 0 Å². The molecule has 0 fully saturated rings. The summed E-state index contributed by atoms with van der Waals surface area (Å²) in [6.07, 6.45) is 1.99. The number of aryl methyl sites for hydroxylation is 1. The van der Waals surface area contributed by atoms with Gasteiger partial charge in [-0.25, -0.2) is 0 Å². The highest BCUT2D eigenvalue weighted by Gasteiger charge is 2.11. The van der Waals surface area contributed by atoms with Gasteiger partial charge in [-0.15, -0.1) is 24.0 Å². The largest absolute Gasteiger partial charge is 0.493 e. The second kappa shape index (κ2) is 9.65. The fourth-order valence-electron chi connectivity index (χ4n) is 2.95. The number of hydrogen-bond donors (Lipinski definition) is 2. The fourth-order valence-corrected chi connectivity index (χ4v) is 2.95. The van der Waals surface area contributed by atoms with Crippen LogP contribution in [-0.2, 0) is 19.4 Å². The summed E-state index contributed by atoms with van der Waals surface area (Å²) in [7, 11) is 1.80. The summed E-state index contributed by atoms with van der Waals surface area (Å²) in [5, 5.41) is 6.74. The first-order chi connectivity index (χ1) is 11.7. The van der Waals surface area contributed by atoms with E-state index in [2.05, 4.69) is 65.0 Å². The minimum Gasteiger partial charge on any atom is -0.493 e. The minimum atomic E-state index is 0. The Morgan fingerprint density at radius 3 is 2.80 bits per heavy atom. The van der Waals surface area contributed by atoms with Crippen molar-refractivity contribution in [1.82, 2.24) is 10.6 Å². The average molecular weight is 451 g/mol. The molecule has 0 atom stereocenters. The van der Waals surface area contributed by atoms with Crippen LogP contribution < -0.4 is 15.4 Å². The van der Waals surface area contributed by atoms with Crippen LogP contribution in [0, 0.1) is 6.92 Å². The van der Waals surface area contributed by atoms with Crippen LogP contribution in [0.25, 0.3) is 0 Å². The van der Waals surface area contributed by atoms with E-state index < -0.39 is 0 Å². The van der Waals surface area contributed by atoms with E-state index in [1.54, 1.807) is 7.05 Å². The number of rotatable bonds is 5. The smallest absolute Gasteiger partial charge is 0.191 e. The van der Waals surface area contributed by atoms with Gasteiger partial charge in [0.05, 0.1) is 6.61 Å². The predicted octanol–water partition coefficient (Wildman–Crippen LogP) is 3.46. The third-order valence-corrected chi connectivity index (χ3v) is 4.23. The molecule has 2 aromatic rings. The molecule has 0 aromatic heterocycles. The van der Waals surface area contributed by atoms with Gasteiger partial charge in [-0.3, -0.25) is 4.99 Å². The first-order valence-electron chi connectivity index (χ1n) is 8.49. The Morgan fingerprint density at radius 1 is 1.12 bits per heavy atom. The third-order valence-electron chi connectivity index (χ3n) is 4.23. The molecule has 1 aliphatic heterocycles. The summed E-state index contributed by atoms with van der Waals surface area (Å²) in [5.41, 5.74) is 5.20. The molecule has 2 aromatic carbocycles. The van der Waals surface area contributed by atoms with Crippen molar-refractivity contribution >= 4 is 29.9 Å². The minimum absolute atomic E-state index is 0. The second-order valence-corrected chi connectivity index (χ2v) is 6.13. The zero-order valence-electron chi connectivity index (χ0n) is 14.8. The molecule has 2 N–H and O–H groups in total. The summed E-state index contributed by atoms with van der Waals surface area (Å²) in [6.45, 7) is 4.55. The molecule has 0 bridgehead atoms. The van der Waals surface area contributed by atoms with Gasteiger partial charge in [-0.1, -0.05) is 42.0 Å². The molecule has 0 radical (unpaired) electrons. The van der Waals surface area contributed by atoms with Crippen LogP contribution in [0.5, 0.6) is 5.75 Å². The zero-order valence-corrected chi connectivity index (χ0v) is 17.2. The first-order valence-corrected chi connectivity index (χ1v) is 8.49. The number of benzene rings is 2. The van der Waals surface area contributed by atoms with Gasteiger partial charge in [0.25, 0.3) is 0 Å². The zero-order chi connectivity index (χ0) is 16.8. The summed E-state index contributed by atoms with van der Waals surface area (Å²) < 4.78 is 5.55. The Labute approximate surface area is 167 Å². The van der Waals surface area contributed by atoms with Crippen LogP contribution in [0.15, 0.2) is 47.5 Å². The van der Waals surface area contributed by atoms with Gasteiger partial charge in [0, 0.05) is 26.6 Å². The van der Waals surface area contributed by atoms with Crippen molar-refractivity contribution in [2.45, 2.75) is 26.3 Å². The maximum atomic E-state index is 5.55. The number of fused-ring (bicyclic) bond motifs is 1. The van der Waals surface area contributed by atoms with E-state index in [0.29, 0.717) is 0 Å². The van der Waals surface area contributed by atoms with Gasteiger partial charge in [0.15, 0.2) is 5.96 Å². The molecule has 0 unspecified atom stereocenters. The topological polar surface area (TPSA) is 45.7 Å². The lowest BCUT2D eigenvalue weighted by atomic mass is 10.1. The van der Waals surface area contributed by atoms with Crippen LogP contribution in [0.2, 0.25) is 0 Å². The molecular formula is C20H26IN3O. The van der Waals surface area contributed by atoms with Gasteiger partial charge < -0.3 is 15.4 Å². The van der Waals surface area contributed by atoms with E-state index >= 15 is 0 Å². The second-order valence-electron chi connectivity index (χ2n) is 6.13. The van der Waals surface area contributed by atoms with Crippen LogP contribution in [-0.4, -0.2) is 26.2 Å². The van der Waals surface area contributed by atoms with Crippen LogP contribution in [0.4, 0.5) is 0 Å². The van der Waals surface area contributed by atoms with Crippen molar-refractivity contribution in [3.05, 3.63) is 64.7 Å². The van der Waals surface area contributed by atoms with Crippen LogP contribution >= 0.6 is 24.0 Å².